The van der Waals surface area contributed by atoms with Crippen molar-refractivity contribution in [3.8, 4) is 0 Å². The van der Waals surface area contributed by atoms with Crippen molar-refractivity contribution < 1.29 is 28.9 Å². The monoisotopic (exact) mass is 320 g/mol. The van der Waals surface area contributed by atoms with Gasteiger partial charge in [-0.2, -0.15) is 0 Å². The molecule has 0 radical (unpaired) electrons. The fourth-order valence-corrected chi connectivity index (χ4v) is 6.48. The van der Waals surface area contributed by atoms with Gasteiger partial charge in [0.1, 0.15) is 5.60 Å². The van der Waals surface area contributed by atoms with Crippen LogP contribution in [0.4, 0.5) is 0 Å². The van der Waals surface area contributed by atoms with Crippen LogP contribution in [0.15, 0.2) is 12.2 Å². The summed E-state index contributed by atoms with van der Waals surface area (Å²) in [5.74, 6) is -1.25. The van der Waals surface area contributed by atoms with Gasteiger partial charge in [-0.3, -0.25) is 4.79 Å². The molecule has 1 aliphatic heterocycles. The Morgan fingerprint density at radius 2 is 2.13 bits per heavy atom. The molecule has 0 aromatic rings. The number of ether oxygens (including phenoxy) is 3. The van der Waals surface area contributed by atoms with Gasteiger partial charge in [-0.1, -0.05) is 6.58 Å². The van der Waals surface area contributed by atoms with Gasteiger partial charge in [0.2, 0.25) is 5.79 Å². The second kappa shape index (κ2) is 3.81. The molecule has 4 saturated carbocycles. The SMILES string of the molecule is C=C(C)C(=O)OC12CC3CC4C5(OC(=O)CC(O)O5)C(C1)C42C3. The average Bonchev–Trinajstić information content (AvgIpc) is 2.93. The van der Waals surface area contributed by atoms with Crippen molar-refractivity contribution in [1.29, 1.82) is 0 Å². The van der Waals surface area contributed by atoms with Crippen LogP contribution in [0.3, 0.4) is 0 Å². The Balaban J connectivity index is 1.48. The molecule has 23 heavy (non-hydrogen) atoms. The van der Waals surface area contributed by atoms with E-state index in [1.807, 2.05) is 0 Å². The van der Waals surface area contributed by atoms with Crippen molar-refractivity contribution in [3.63, 3.8) is 0 Å². The minimum atomic E-state index is -1.10. The summed E-state index contributed by atoms with van der Waals surface area (Å²) in [5.41, 5.74) is -0.187. The first-order valence-corrected chi connectivity index (χ1v) is 8.29. The Morgan fingerprint density at radius 3 is 2.83 bits per heavy atom. The van der Waals surface area contributed by atoms with E-state index in [9.17, 15) is 14.7 Å². The fourth-order valence-electron chi connectivity index (χ4n) is 6.48. The van der Waals surface area contributed by atoms with Crippen molar-refractivity contribution in [1.82, 2.24) is 0 Å². The summed E-state index contributed by atoms with van der Waals surface area (Å²) in [4.78, 5) is 23.9. The normalized spacial score (nSPS) is 54.8. The lowest BCUT2D eigenvalue weighted by molar-refractivity contribution is -0.481. The lowest BCUT2D eigenvalue weighted by Gasteiger charge is -2.77. The number of rotatable bonds is 2. The summed E-state index contributed by atoms with van der Waals surface area (Å²) in [5, 5.41) is 9.87. The van der Waals surface area contributed by atoms with Gasteiger partial charge in [0.15, 0.2) is 6.29 Å². The summed E-state index contributed by atoms with van der Waals surface area (Å²) in [7, 11) is 0. The summed E-state index contributed by atoms with van der Waals surface area (Å²) < 4.78 is 17.2. The van der Waals surface area contributed by atoms with Gasteiger partial charge in [-0.15, -0.1) is 0 Å². The summed E-state index contributed by atoms with van der Waals surface area (Å²) in [6.45, 7) is 5.32. The molecule has 0 aromatic heterocycles. The molecule has 5 rings (SSSR count). The van der Waals surface area contributed by atoms with Gasteiger partial charge in [-0.05, 0) is 38.5 Å². The average molecular weight is 320 g/mol. The largest absolute Gasteiger partial charge is 0.455 e. The Kier molecular flexibility index (Phi) is 2.31. The van der Waals surface area contributed by atoms with E-state index in [0.29, 0.717) is 17.9 Å². The predicted octanol–water partition coefficient (Wildman–Crippen LogP) is 1.27. The number of carbonyl (C=O) groups excluding carboxylic acids is 2. The Hall–Kier alpha value is -1.40. The molecule has 0 aromatic carbocycles. The number of aliphatic hydroxyl groups excluding tert-OH is 1. The number of hydrogen-bond acceptors (Lipinski definition) is 6. The third kappa shape index (κ3) is 1.32. The second-order valence-electron chi connectivity index (χ2n) is 8.00. The van der Waals surface area contributed by atoms with Gasteiger partial charge < -0.3 is 19.3 Å². The molecule has 1 saturated heterocycles. The van der Waals surface area contributed by atoms with Crippen molar-refractivity contribution in [2.24, 2.45) is 23.2 Å². The fraction of sp³-hybridized carbons (Fsp3) is 0.765. The topological polar surface area (TPSA) is 82.1 Å². The maximum Gasteiger partial charge on any atom is 0.333 e. The second-order valence-corrected chi connectivity index (χ2v) is 8.00. The van der Waals surface area contributed by atoms with Crippen LogP contribution in [-0.4, -0.2) is 34.7 Å². The molecule has 2 spiro atoms. The van der Waals surface area contributed by atoms with Gasteiger partial charge >= 0.3 is 11.9 Å². The molecule has 7 atom stereocenters. The summed E-state index contributed by atoms with van der Waals surface area (Å²) in [6, 6.07) is 0. The number of carbonyl (C=O) groups is 2. The van der Waals surface area contributed by atoms with Crippen molar-refractivity contribution in [2.45, 2.75) is 56.7 Å². The molecule has 5 fully saturated rings. The van der Waals surface area contributed by atoms with E-state index in [1.165, 1.54) is 0 Å². The Morgan fingerprint density at radius 1 is 1.35 bits per heavy atom. The van der Waals surface area contributed by atoms with Crippen LogP contribution in [0.25, 0.3) is 0 Å². The molecule has 7 unspecified atom stereocenters. The first-order chi connectivity index (χ1) is 10.8. The molecule has 6 heteroatoms. The van der Waals surface area contributed by atoms with Crippen molar-refractivity contribution in [2.75, 3.05) is 0 Å². The zero-order valence-corrected chi connectivity index (χ0v) is 13.0. The van der Waals surface area contributed by atoms with E-state index in [4.69, 9.17) is 14.2 Å². The molecular formula is C17H20O6. The molecule has 2 bridgehead atoms. The zero-order valence-electron chi connectivity index (χ0n) is 13.0. The van der Waals surface area contributed by atoms with Crippen LogP contribution < -0.4 is 0 Å². The molecular weight excluding hydrogens is 300 g/mol. The van der Waals surface area contributed by atoms with Crippen LogP contribution in [0, 0.1) is 23.2 Å². The van der Waals surface area contributed by atoms with E-state index in [2.05, 4.69) is 6.58 Å². The summed E-state index contributed by atoms with van der Waals surface area (Å²) >= 11 is 0. The van der Waals surface area contributed by atoms with Crippen molar-refractivity contribution in [3.05, 3.63) is 12.2 Å². The highest BCUT2D eigenvalue weighted by Crippen LogP contribution is 2.87. The molecule has 4 aliphatic carbocycles. The maximum atomic E-state index is 12.1. The highest BCUT2D eigenvalue weighted by atomic mass is 16.8. The maximum absolute atomic E-state index is 12.1. The number of fused-ring (bicyclic) bond motifs is 3. The van der Waals surface area contributed by atoms with Gasteiger partial charge in [0.05, 0.1) is 6.42 Å². The standard InChI is InChI=1S/C17H20O6/c1-8(2)14(20)23-15-5-9-3-10-16(15,6-9)11(7-15)17(10)21-12(18)4-13(19)22-17/h9-12,18H,1,3-7H2,2H3. The lowest BCUT2D eigenvalue weighted by Crippen LogP contribution is -2.85. The molecule has 6 nitrogen and oxygen atoms in total. The van der Waals surface area contributed by atoms with Crippen LogP contribution in [-0.2, 0) is 23.8 Å². The van der Waals surface area contributed by atoms with E-state index in [1.54, 1.807) is 6.92 Å². The third-order valence-corrected chi connectivity index (χ3v) is 6.98. The number of esters is 2. The van der Waals surface area contributed by atoms with Crippen LogP contribution in [0.1, 0.15) is 39.0 Å². The molecule has 124 valence electrons. The number of aliphatic hydroxyl groups is 1. The lowest BCUT2D eigenvalue weighted by atomic mass is 9.33. The predicted molar refractivity (Wildman–Crippen MR) is 75.5 cm³/mol. The van der Waals surface area contributed by atoms with Crippen LogP contribution >= 0.6 is 0 Å². The zero-order chi connectivity index (χ0) is 16.2. The highest BCUT2D eigenvalue weighted by molar-refractivity contribution is 5.87. The Bertz CT molecular complexity index is 657. The summed E-state index contributed by atoms with van der Waals surface area (Å²) in [6.07, 6.45) is 2.20. The van der Waals surface area contributed by atoms with Crippen LogP contribution in [0.2, 0.25) is 0 Å². The minimum Gasteiger partial charge on any atom is -0.455 e. The van der Waals surface area contributed by atoms with Gasteiger partial charge in [-0.25, -0.2) is 4.79 Å². The van der Waals surface area contributed by atoms with Crippen LogP contribution in [0.5, 0.6) is 0 Å². The molecule has 1 heterocycles. The quantitative estimate of drug-likeness (QED) is 0.609. The Labute approximate surface area is 133 Å². The van der Waals surface area contributed by atoms with Gasteiger partial charge in [0, 0.05) is 22.8 Å². The first kappa shape index (κ1) is 14.0. The van der Waals surface area contributed by atoms with E-state index in [0.717, 1.165) is 19.3 Å². The number of hydrogen-bond donors (Lipinski definition) is 1. The molecule has 0 amide bonds. The van der Waals surface area contributed by atoms with Crippen molar-refractivity contribution >= 4 is 11.9 Å². The van der Waals surface area contributed by atoms with E-state index < -0.39 is 23.6 Å². The smallest absolute Gasteiger partial charge is 0.333 e. The highest BCUT2D eigenvalue weighted by Gasteiger charge is 2.93. The van der Waals surface area contributed by atoms with E-state index in [-0.39, 0.29) is 29.6 Å². The minimum absolute atomic E-state index is 0.0179. The molecule has 1 N–H and O–H groups in total. The third-order valence-electron chi connectivity index (χ3n) is 6.98. The first-order valence-electron chi connectivity index (χ1n) is 8.29. The van der Waals surface area contributed by atoms with Gasteiger partial charge in [0.25, 0.3) is 0 Å². The van der Waals surface area contributed by atoms with E-state index >= 15 is 0 Å². The molecule has 5 aliphatic rings.